The molecule has 0 fully saturated rings. The number of carbonyl (C=O) groups is 2. The molecule has 1 aromatic heterocycles. The standard InChI is InChI=1S/C15H11ClFNO4/c1-21-15(20)13(9-2-4-11(16)5-3-9)22-14(19)10-6-7-18-12(17)8-10/h2-8,13H,1H3. The number of methoxy groups -OCH3 is 1. The van der Waals surface area contributed by atoms with Gasteiger partial charge in [0, 0.05) is 22.8 Å². The highest BCUT2D eigenvalue weighted by Gasteiger charge is 2.26. The van der Waals surface area contributed by atoms with Gasteiger partial charge in [-0.05, 0) is 18.2 Å². The van der Waals surface area contributed by atoms with Crippen LogP contribution in [0.3, 0.4) is 0 Å². The second-order valence-electron chi connectivity index (χ2n) is 4.23. The van der Waals surface area contributed by atoms with Crippen molar-refractivity contribution in [2.45, 2.75) is 6.10 Å². The zero-order valence-corrected chi connectivity index (χ0v) is 12.2. The van der Waals surface area contributed by atoms with E-state index in [-0.39, 0.29) is 5.56 Å². The van der Waals surface area contributed by atoms with Crippen molar-refractivity contribution in [1.82, 2.24) is 4.98 Å². The lowest BCUT2D eigenvalue weighted by atomic mass is 10.1. The molecule has 22 heavy (non-hydrogen) atoms. The number of rotatable bonds is 4. The second-order valence-corrected chi connectivity index (χ2v) is 4.66. The van der Waals surface area contributed by atoms with Gasteiger partial charge in [0.1, 0.15) is 0 Å². The van der Waals surface area contributed by atoms with Gasteiger partial charge in [-0.25, -0.2) is 14.6 Å². The van der Waals surface area contributed by atoms with Crippen molar-refractivity contribution in [2.24, 2.45) is 0 Å². The van der Waals surface area contributed by atoms with E-state index in [1.165, 1.54) is 25.3 Å². The Hall–Kier alpha value is -2.47. The molecule has 0 radical (unpaired) electrons. The van der Waals surface area contributed by atoms with Crippen molar-refractivity contribution >= 4 is 23.5 Å². The summed E-state index contributed by atoms with van der Waals surface area (Å²) < 4.78 is 22.8. The zero-order valence-electron chi connectivity index (χ0n) is 11.5. The second kappa shape index (κ2) is 7.00. The van der Waals surface area contributed by atoms with Gasteiger partial charge in [-0.15, -0.1) is 0 Å². The van der Waals surface area contributed by atoms with Gasteiger partial charge in [-0.2, -0.15) is 4.39 Å². The number of halogens is 2. The van der Waals surface area contributed by atoms with E-state index in [0.29, 0.717) is 10.6 Å². The first-order chi connectivity index (χ1) is 10.5. The topological polar surface area (TPSA) is 65.5 Å². The summed E-state index contributed by atoms with van der Waals surface area (Å²) in [6.45, 7) is 0. The van der Waals surface area contributed by atoms with Crippen LogP contribution in [0.4, 0.5) is 4.39 Å². The minimum absolute atomic E-state index is 0.0598. The largest absolute Gasteiger partial charge is 0.466 e. The van der Waals surface area contributed by atoms with Crippen molar-refractivity contribution in [3.8, 4) is 0 Å². The van der Waals surface area contributed by atoms with E-state index in [4.69, 9.17) is 16.3 Å². The highest BCUT2D eigenvalue weighted by atomic mass is 35.5. The van der Waals surface area contributed by atoms with Crippen LogP contribution in [0.2, 0.25) is 5.02 Å². The van der Waals surface area contributed by atoms with Gasteiger partial charge in [0.2, 0.25) is 12.1 Å². The minimum Gasteiger partial charge on any atom is -0.466 e. The van der Waals surface area contributed by atoms with Gasteiger partial charge >= 0.3 is 11.9 Å². The van der Waals surface area contributed by atoms with E-state index in [0.717, 1.165) is 12.3 Å². The van der Waals surface area contributed by atoms with Crippen LogP contribution < -0.4 is 0 Å². The molecule has 7 heteroatoms. The molecular weight excluding hydrogens is 313 g/mol. The molecule has 0 spiro atoms. The molecular formula is C15H11ClFNO4. The van der Waals surface area contributed by atoms with E-state index in [1.54, 1.807) is 12.1 Å². The molecule has 0 N–H and O–H groups in total. The highest BCUT2D eigenvalue weighted by Crippen LogP contribution is 2.22. The lowest BCUT2D eigenvalue weighted by Crippen LogP contribution is -2.21. The van der Waals surface area contributed by atoms with Crippen molar-refractivity contribution in [3.63, 3.8) is 0 Å². The maximum atomic E-state index is 13.0. The predicted molar refractivity (Wildman–Crippen MR) is 75.8 cm³/mol. The molecule has 1 unspecified atom stereocenters. The van der Waals surface area contributed by atoms with Crippen molar-refractivity contribution in [1.29, 1.82) is 0 Å². The van der Waals surface area contributed by atoms with E-state index >= 15 is 0 Å². The summed E-state index contributed by atoms with van der Waals surface area (Å²) in [6.07, 6.45) is -0.146. The normalized spacial score (nSPS) is 11.6. The number of benzene rings is 1. The number of ether oxygens (including phenoxy) is 2. The lowest BCUT2D eigenvalue weighted by Gasteiger charge is -2.16. The molecule has 114 valence electrons. The Bertz CT molecular complexity index is 690. The van der Waals surface area contributed by atoms with Gasteiger partial charge in [-0.3, -0.25) is 0 Å². The molecule has 1 heterocycles. The Morgan fingerprint density at radius 2 is 1.91 bits per heavy atom. The van der Waals surface area contributed by atoms with Gasteiger partial charge in [0.15, 0.2) is 0 Å². The van der Waals surface area contributed by atoms with Gasteiger partial charge in [0.25, 0.3) is 0 Å². The van der Waals surface area contributed by atoms with Gasteiger partial charge < -0.3 is 9.47 Å². The Labute approximate surface area is 130 Å². The third-order valence-corrected chi connectivity index (χ3v) is 3.03. The molecule has 0 amide bonds. The number of hydrogen-bond donors (Lipinski definition) is 0. The maximum absolute atomic E-state index is 13.0. The number of carbonyl (C=O) groups excluding carboxylic acids is 2. The van der Waals surface area contributed by atoms with Crippen LogP contribution in [-0.2, 0) is 14.3 Å². The fourth-order valence-electron chi connectivity index (χ4n) is 1.70. The van der Waals surface area contributed by atoms with E-state index < -0.39 is 24.0 Å². The number of nitrogens with zero attached hydrogens (tertiary/aromatic N) is 1. The smallest absolute Gasteiger partial charge is 0.351 e. The quantitative estimate of drug-likeness (QED) is 0.639. The average molecular weight is 324 g/mol. The monoisotopic (exact) mass is 323 g/mol. The molecule has 5 nitrogen and oxygen atoms in total. The first-order valence-corrected chi connectivity index (χ1v) is 6.55. The molecule has 0 aliphatic carbocycles. The van der Waals surface area contributed by atoms with Crippen LogP contribution in [0.1, 0.15) is 22.0 Å². The number of esters is 2. The summed E-state index contributed by atoms with van der Waals surface area (Å²) in [5.41, 5.74) is 0.328. The molecule has 0 saturated carbocycles. The van der Waals surface area contributed by atoms with Crippen LogP contribution >= 0.6 is 11.6 Å². The highest BCUT2D eigenvalue weighted by molar-refractivity contribution is 6.30. The van der Waals surface area contributed by atoms with Gasteiger partial charge in [0.05, 0.1) is 12.7 Å². The summed E-state index contributed by atoms with van der Waals surface area (Å²) in [7, 11) is 1.17. The average Bonchev–Trinajstić information content (AvgIpc) is 2.52. The van der Waals surface area contributed by atoms with Crippen molar-refractivity contribution in [2.75, 3.05) is 7.11 Å². The van der Waals surface area contributed by atoms with Crippen LogP contribution in [0.15, 0.2) is 42.6 Å². The minimum atomic E-state index is -1.27. The summed E-state index contributed by atoms with van der Waals surface area (Å²) in [5, 5.41) is 0.467. The molecule has 1 aromatic carbocycles. The summed E-state index contributed by atoms with van der Waals surface area (Å²) >= 11 is 5.78. The summed E-state index contributed by atoms with van der Waals surface area (Å²) in [4.78, 5) is 27.2. The van der Waals surface area contributed by atoms with Crippen LogP contribution in [0, 0.1) is 5.95 Å². The maximum Gasteiger partial charge on any atom is 0.351 e. The third kappa shape index (κ3) is 3.79. The molecule has 0 saturated heterocycles. The number of hydrogen-bond acceptors (Lipinski definition) is 5. The Morgan fingerprint density at radius 1 is 1.23 bits per heavy atom. The Balaban J connectivity index is 2.25. The fraction of sp³-hybridized carbons (Fsp3) is 0.133. The molecule has 2 rings (SSSR count). The van der Waals surface area contributed by atoms with E-state index in [2.05, 4.69) is 9.72 Å². The van der Waals surface area contributed by atoms with Gasteiger partial charge in [-0.1, -0.05) is 23.7 Å². The fourth-order valence-corrected chi connectivity index (χ4v) is 1.83. The zero-order chi connectivity index (χ0) is 16.1. The van der Waals surface area contributed by atoms with Crippen LogP contribution in [0.25, 0.3) is 0 Å². The Morgan fingerprint density at radius 3 is 2.50 bits per heavy atom. The van der Waals surface area contributed by atoms with E-state index in [9.17, 15) is 14.0 Å². The Kier molecular flexibility index (Phi) is 5.06. The lowest BCUT2D eigenvalue weighted by molar-refractivity contribution is -0.151. The van der Waals surface area contributed by atoms with Crippen LogP contribution in [0.5, 0.6) is 0 Å². The molecule has 1 atom stereocenters. The third-order valence-electron chi connectivity index (χ3n) is 2.78. The van der Waals surface area contributed by atoms with Crippen molar-refractivity contribution < 1.29 is 23.5 Å². The number of aromatic nitrogens is 1. The van der Waals surface area contributed by atoms with E-state index in [1.807, 2.05) is 0 Å². The molecule has 2 aromatic rings. The molecule has 0 aliphatic heterocycles. The SMILES string of the molecule is COC(=O)C(OC(=O)c1ccnc(F)c1)c1ccc(Cl)cc1. The van der Waals surface area contributed by atoms with Crippen LogP contribution in [-0.4, -0.2) is 24.0 Å². The van der Waals surface area contributed by atoms with Crippen molar-refractivity contribution in [3.05, 3.63) is 64.7 Å². The first kappa shape index (κ1) is 15.9. The molecule has 0 aliphatic rings. The predicted octanol–water partition coefficient (Wildman–Crippen LogP) is 2.95. The summed E-state index contributed by atoms with van der Waals surface area (Å²) in [6, 6.07) is 8.36. The summed E-state index contributed by atoms with van der Waals surface area (Å²) in [5.74, 6) is -2.45. The first-order valence-electron chi connectivity index (χ1n) is 6.17. The molecule has 0 bridgehead atoms. The number of pyridine rings is 1.